The summed E-state index contributed by atoms with van der Waals surface area (Å²) in [6, 6.07) is 0. The Bertz CT molecular complexity index is 566. The van der Waals surface area contributed by atoms with Gasteiger partial charge in [-0.3, -0.25) is 4.79 Å². The highest BCUT2D eigenvalue weighted by atomic mass is 16.6. The molecule has 178 valence electrons. The normalized spacial score (nSPS) is 20.0. The van der Waals surface area contributed by atoms with Crippen LogP contribution in [-0.4, -0.2) is 35.9 Å². The Kier molecular flexibility index (Phi) is 15.0. The number of carbonyl (C=O) groups is 2. The molecule has 1 rings (SSSR count). The molecule has 1 N–H and O–H groups in total. The van der Waals surface area contributed by atoms with Crippen molar-refractivity contribution in [1.29, 1.82) is 0 Å². The molecule has 5 heteroatoms. The van der Waals surface area contributed by atoms with Crippen molar-refractivity contribution in [3.63, 3.8) is 0 Å². The second-order valence-corrected chi connectivity index (χ2v) is 8.79. The van der Waals surface area contributed by atoms with Crippen LogP contribution in [0.4, 0.5) is 0 Å². The largest absolute Gasteiger partial charge is 0.462 e. The Labute approximate surface area is 189 Å². The maximum Gasteiger partial charge on any atom is 0.334 e. The number of aliphatic hydroxyl groups is 1. The van der Waals surface area contributed by atoms with Crippen molar-refractivity contribution < 1.29 is 24.2 Å². The van der Waals surface area contributed by atoms with Gasteiger partial charge in [-0.2, -0.15) is 0 Å². The van der Waals surface area contributed by atoms with Gasteiger partial charge in [-0.25, -0.2) is 4.79 Å². The third-order valence-electron chi connectivity index (χ3n) is 5.77. The van der Waals surface area contributed by atoms with Crippen LogP contribution < -0.4 is 0 Å². The summed E-state index contributed by atoms with van der Waals surface area (Å²) in [6.45, 7) is 3.10. The summed E-state index contributed by atoms with van der Waals surface area (Å²) >= 11 is 0. The molecule has 0 aliphatic carbocycles. The van der Waals surface area contributed by atoms with Gasteiger partial charge in [-0.05, 0) is 38.5 Å². The SMILES string of the molecule is CCCCCCCCC=CCCCCCCCC=C1C[C@@](CO)(COC(C)=O)OC1=O. The highest BCUT2D eigenvalue weighted by Crippen LogP contribution is 2.31. The molecule has 5 nitrogen and oxygen atoms in total. The highest BCUT2D eigenvalue weighted by Gasteiger charge is 2.44. The molecule has 0 amide bonds. The lowest BCUT2D eigenvalue weighted by atomic mass is 9.98. The number of unbranched alkanes of at least 4 members (excludes halogenated alkanes) is 12. The van der Waals surface area contributed by atoms with E-state index in [1.165, 1.54) is 77.6 Å². The lowest BCUT2D eigenvalue weighted by Crippen LogP contribution is -2.39. The van der Waals surface area contributed by atoms with E-state index in [4.69, 9.17) is 9.47 Å². The summed E-state index contributed by atoms with van der Waals surface area (Å²) in [5.41, 5.74) is -0.534. The average molecular weight is 437 g/mol. The van der Waals surface area contributed by atoms with Crippen LogP contribution in [-0.2, 0) is 19.1 Å². The summed E-state index contributed by atoms with van der Waals surface area (Å²) in [7, 11) is 0. The van der Waals surface area contributed by atoms with Crippen molar-refractivity contribution in [2.45, 2.75) is 116 Å². The van der Waals surface area contributed by atoms with Crippen LogP contribution in [0.1, 0.15) is 110 Å². The Morgan fingerprint density at radius 2 is 1.52 bits per heavy atom. The van der Waals surface area contributed by atoms with E-state index in [0.717, 1.165) is 19.3 Å². The van der Waals surface area contributed by atoms with E-state index in [9.17, 15) is 14.7 Å². The minimum absolute atomic E-state index is 0.102. The van der Waals surface area contributed by atoms with Gasteiger partial charge < -0.3 is 14.6 Å². The molecule has 0 bridgehead atoms. The molecule has 0 radical (unpaired) electrons. The Morgan fingerprint density at radius 1 is 0.968 bits per heavy atom. The van der Waals surface area contributed by atoms with Crippen molar-refractivity contribution in [2.75, 3.05) is 13.2 Å². The molecule has 0 spiro atoms. The molecular weight excluding hydrogens is 392 g/mol. The molecule has 1 fully saturated rings. The van der Waals surface area contributed by atoms with Gasteiger partial charge in [0.1, 0.15) is 6.61 Å². The van der Waals surface area contributed by atoms with E-state index in [1.807, 2.05) is 6.08 Å². The lowest BCUT2D eigenvalue weighted by molar-refractivity contribution is -0.164. The van der Waals surface area contributed by atoms with Crippen molar-refractivity contribution >= 4 is 11.9 Å². The third-order valence-corrected chi connectivity index (χ3v) is 5.77. The number of rotatable bonds is 18. The molecular formula is C26H44O5. The molecule has 0 aromatic rings. The lowest BCUT2D eigenvalue weighted by Gasteiger charge is -2.23. The second kappa shape index (κ2) is 17.0. The number of hydrogen-bond acceptors (Lipinski definition) is 5. The number of esters is 2. The minimum Gasteiger partial charge on any atom is -0.462 e. The van der Waals surface area contributed by atoms with Gasteiger partial charge >= 0.3 is 11.9 Å². The van der Waals surface area contributed by atoms with E-state index in [1.54, 1.807) is 0 Å². The fourth-order valence-electron chi connectivity index (χ4n) is 3.81. The Morgan fingerprint density at radius 3 is 2.06 bits per heavy atom. The van der Waals surface area contributed by atoms with Gasteiger partial charge in [0, 0.05) is 18.9 Å². The first kappa shape index (κ1) is 27.4. The van der Waals surface area contributed by atoms with E-state index in [2.05, 4.69) is 19.1 Å². The maximum atomic E-state index is 12.0. The van der Waals surface area contributed by atoms with Gasteiger partial charge in [0.05, 0.1) is 6.61 Å². The number of hydrogen-bond donors (Lipinski definition) is 1. The van der Waals surface area contributed by atoms with Crippen LogP contribution in [0, 0.1) is 0 Å². The minimum atomic E-state index is -1.11. The van der Waals surface area contributed by atoms with Crippen LogP contribution >= 0.6 is 0 Å². The number of cyclic esters (lactones) is 1. The zero-order valence-corrected chi connectivity index (χ0v) is 19.8. The summed E-state index contributed by atoms with van der Waals surface area (Å²) in [5, 5.41) is 9.58. The Hall–Kier alpha value is -1.62. The van der Waals surface area contributed by atoms with E-state index >= 15 is 0 Å². The molecule has 31 heavy (non-hydrogen) atoms. The topological polar surface area (TPSA) is 72.8 Å². The molecule has 1 heterocycles. The predicted molar refractivity (Wildman–Crippen MR) is 125 cm³/mol. The summed E-state index contributed by atoms with van der Waals surface area (Å²) in [4.78, 5) is 23.0. The predicted octanol–water partition coefficient (Wildman–Crippen LogP) is 6.19. The fraction of sp³-hybridized carbons (Fsp3) is 0.769. The maximum absolute atomic E-state index is 12.0. The highest BCUT2D eigenvalue weighted by molar-refractivity contribution is 5.91. The van der Waals surface area contributed by atoms with E-state index in [-0.39, 0.29) is 13.2 Å². The van der Waals surface area contributed by atoms with Crippen LogP contribution in [0.3, 0.4) is 0 Å². The monoisotopic (exact) mass is 436 g/mol. The zero-order chi connectivity index (χ0) is 22.8. The summed E-state index contributed by atoms with van der Waals surface area (Å²) in [5.74, 6) is -0.858. The quantitative estimate of drug-likeness (QED) is 0.120. The first-order valence-electron chi connectivity index (χ1n) is 12.3. The summed E-state index contributed by atoms with van der Waals surface area (Å²) < 4.78 is 10.2. The van der Waals surface area contributed by atoms with Crippen LogP contribution in [0.15, 0.2) is 23.8 Å². The Balaban J connectivity index is 2.04. The van der Waals surface area contributed by atoms with Crippen LogP contribution in [0.25, 0.3) is 0 Å². The van der Waals surface area contributed by atoms with Gasteiger partial charge in [0.25, 0.3) is 0 Å². The van der Waals surface area contributed by atoms with Gasteiger partial charge in [-0.15, -0.1) is 0 Å². The van der Waals surface area contributed by atoms with Gasteiger partial charge in [0.15, 0.2) is 5.60 Å². The standard InChI is InChI=1S/C26H44O5/c1-3-4-5-6-7-8-9-10-11-12-13-14-15-16-17-18-19-24-20-26(21-27,31-25(24)29)22-30-23(2)28/h10-11,19,27H,3-9,12-18,20-22H2,1-2H3/t26-/m1/s1. The van der Waals surface area contributed by atoms with Crippen molar-refractivity contribution in [3.8, 4) is 0 Å². The van der Waals surface area contributed by atoms with E-state index in [0.29, 0.717) is 12.0 Å². The van der Waals surface area contributed by atoms with Crippen LogP contribution in [0.2, 0.25) is 0 Å². The molecule has 0 saturated carbocycles. The number of ether oxygens (including phenoxy) is 2. The fourth-order valence-corrected chi connectivity index (χ4v) is 3.81. The number of allylic oxidation sites excluding steroid dienone is 3. The number of carbonyl (C=O) groups excluding carboxylic acids is 2. The second-order valence-electron chi connectivity index (χ2n) is 8.79. The summed E-state index contributed by atoms with van der Waals surface area (Å²) in [6.07, 6.45) is 24.2. The molecule has 1 aliphatic heterocycles. The van der Waals surface area contributed by atoms with Crippen molar-refractivity contribution in [3.05, 3.63) is 23.8 Å². The third kappa shape index (κ3) is 12.7. The molecule has 0 aromatic heterocycles. The molecule has 0 unspecified atom stereocenters. The molecule has 1 atom stereocenters. The van der Waals surface area contributed by atoms with E-state index < -0.39 is 17.5 Å². The van der Waals surface area contributed by atoms with Crippen molar-refractivity contribution in [1.82, 2.24) is 0 Å². The van der Waals surface area contributed by atoms with Crippen molar-refractivity contribution in [2.24, 2.45) is 0 Å². The zero-order valence-electron chi connectivity index (χ0n) is 19.8. The first-order chi connectivity index (χ1) is 15.0. The molecule has 1 saturated heterocycles. The number of aliphatic hydroxyl groups excluding tert-OH is 1. The molecule has 0 aromatic carbocycles. The van der Waals surface area contributed by atoms with Gasteiger partial charge in [-0.1, -0.05) is 76.5 Å². The first-order valence-corrected chi connectivity index (χ1v) is 12.3. The average Bonchev–Trinajstić information content (AvgIpc) is 3.08. The molecule has 1 aliphatic rings. The smallest absolute Gasteiger partial charge is 0.334 e. The van der Waals surface area contributed by atoms with Crippen LogP contribution in [0.5, 0.6) is 0 Å². The van der Waals surface area contributed by atoms with Gasteiger partial charge in [0.2, 0.25) is 0 Å².